The molecule has 1 heteroatoms. The van der Waals surface area contributed by atoms with Gasteiger partial charge in [-0.15, -0.1) is 0 Å². The minimum absolute atomic E-state index is 0.895. The molecule has 0 radical (unpaired) electrons. The van der Waals surface area contributed by atoms with Crippen LogP contribution in [0, 0.1) is 0 Å². The largest absolute Gasteiger partial charge is 0.300 e. The summed E-state index contributed by atoms with van der Waals surface area (Å²) in [7, 11) is 2.27. The van der Waals surface area contributed by atoms with Gasteiger partial charge in [-0.2, -0.15) is 0 Å². The zero-order valence-electron chi connectivity index (χ0n) is 8.21. The number of piperidine rings is 1. The van der Waals surface area contributed by atoms with Crippen LogP contribution in [0.1, 0.15) is 39.0 Å². The molecule has 3 rings (SSSR count). The van der Waals surface area contributed by atoms with E-state index < -0.39 is 0 Å². The average Bonchev–Trinajstić information content (AvgIpc) is 2.14. The summed E-state index contributed by atoms with van der Waals surface area (Å²) in [5.74, 6) is 0. The van der Waals surface area contributed by atoms with Crippen molar-refractivity contribution in [3.05, 3.63) is 11.6 Å². The fourth-order valence-electron chi connectivity index (χ4n) is 2.47. The number of allylic oxidation sites excluding steroid dienone is 1. The zero-order valence-corrected chi connectivity index (χ0v) is 8.21. The first-order valence-corrected chi connectivity index (χ1v) is 5.21. The van der Waals surface area contributed by atoms with Gasteiger partial charge in [0.1, 0.15) is 0 Å². The molecule has 0 aromatic rings. The molecule has 0 spiro atoms. The van der Waals surface area contributed by atoms with Gasteiger partial charge in [0.05, 0.1) is 0 Å². The summed E-state index contributed by atoms with van der Waals surface area (Å²) in [6, 6.07) is 1.79. The molecule has 12 heavy (non-hydrogen) atoms. The van der Waals surface area contributed by atoms with Crippen molar-refractivity contribution in [2.75, 3.05) is 7.05 Å². The molecule has 0 aromatic heterocycles. The second kappa shape index (κ2) is 3.21. The summed E-state index contributed by atoms with van der Waals surface area (Å²) < 4.78 is 0. The monoisotopic (exact) mass is 165 g/mol. The lowest BCUT2D eigenvalue weighted by Crippen LogP contribution is -2.56. The third kappa shape index (κ3) is 1.31. The summed E-state index contributed by atoms with van der Waals surface area (Å²) in [5, 5.41) is 0. The van der Waals surface area contributed by atoms with E-state index in [9.17, 15) is 0 Å². The van der Waals surface area contributed by atoms with Crippen LogP contribution in [0.2, 0.25) is 0 Å². The highest BCUT2D eigenvalue weighted by molar-refractivity contribution is 5.16. The van der Waals surface area contributed by atoms with E-state index in [0.29, 0.717) is 0 Å². The second-order valence-corrected chi connectivity index (χ2v) is 4.27. The summed E-state index contributed by atoms with van der Waals surface area (Å²) in [6.07, 6.45) is 9.24. The zero-order chi connectivity index (χ0) is 8.55. The van der Waals surface area contributed by atoms with E-state index in [-0.39, 0.29) is 0 Å². The number of unbranched alkanes of at least 4 members (excludes halogenated alkanes) is 1. The van der Waals surface area contributed by atoms with Crippen LogP contribution < -0.4 is 0 Å². The first-order valence-electron chi connectivity index (χ1n) is 5.21. The predicted molar refractivity (Wildman–Crippen MR) is 52.2 cm³/mol. The Bertz CT molecular complexity index is 181. The van der Waals surface area contributed by atoms with Crippen LogP contribution in [-0.4, -0.2) is 24.0 Å². The van der Waals surface area contributed by atoms with Gasteiger partial charge < -0.3 is 0 Å². The van der Waals surface area contributed by atoms with E-state index in [2.05, 4.69) is 24.9 Å². The molecule has 1 saturated carbocycles. The summed E-state index contributed by atoms with van der Waals surface area (Å²) in [4.78, 5) is 2.54. The quantitative estimate of drug-likeness (QED) is 0.568. The van der Waals surface area contributed by atoms with E-state index in [4.69, 9.17) is 0 Å². The minimum Gasteiger partial charge on any atom is -0.300 e. The maximum atomic E-state index is 2.54. The Morgan fingerprint density at radius 3 is 2.58 bits per heavy atom. The molecule has 0 amide bonds. The Hall–Kier alpha value is -0.300. The molecule has 2 aliphatic heterocycles. The summed E-state index contributed by atoms with van der Waals surface area (Å²) in [5.41, 5.74) is 1.73. The molecule has 0 N–H and O–H groups in total. The minimum atomic E-state index is 0.895. The number of fused-ring (bicyclic) bond motifs is 2. The Labute approximate surface area is 75.4 Å². The topological polar surface area (TPSA) is 3.24 Å². The third-order valence-corrected chi connectivity index (χ3v) is 3.41. The number of hydrogen-bond acceptors (Lipinski definition) is 1. The molecule has 1 aliphatic carbocycles. The first-order chi connectivity index (χ1) is 5.81. The molecule has 3 aliphatic rings. The Morgan fingerprint density at radius 2 is 2.08 bits per heavy atom. The van der Waals surface area contributed by atoms with Crippen molar-refractivity contribution in [2.45, 2.75) is 51.1 Å². The molecule has 0 aromatic carbocycles. The molecule has 3 fully saturated rings. The van der Waals surface area contributed by atoms with Crippen molar-refractivity contribution in [1.29, 1.82) is 0 Å². The van der Waals surface area contributed by atoms with Crippen molar-refractivity contribution < 1.29 is 0 Å². The van der Waals surface area contributed by atoms with Crippen LogP contribution >= 0.6 is 0 Å². The van der Waals surface area contributed by atoms with Crippen molar-refractivity contribution in [3.63, 3.8) is 0 Å². The molecule has 2 heterocycles. The standard InChI is InChI=1S/C11H19N/c1-3-4-5-9-6-10-8-11(7-9)12(10)2/h5,10-11H,3-4,6-8H2,1-2H3/t10-,11+. The van der Waals surface area contributed by atoms with Crippen molar-refractivity contribution in [2.24, 2.45) is 0 Å². The molecular weight excluding hydrogens is 146 g/mol. The van der Waals surface area contributed by atoms with Crippen LogP contribution in [0.15, 0.2) is 11.6 Å². The summed E-state index contributed by atoms with van der Waals surface area (Å²) in [6.45, 7) is 2.26. The lowest BCUT2D eigenvalue weighted by Gasteiger charge is -2.52. The van der Waals surface area contributed by atoms with E-state index in [1.165, 1.54) is 32.1 Å². The molecule has 2 saturated heterocycles. The van der Waals surface area contributed by atoms with Crippen LogP contribution in [0.25, 0.3) is 0 Å². The lowest BCUT2D eigenvalue weighted by atomic mass is 9.77. The van der Waals surface area contributed by atoms with Gasteiger partial charge in [-0.3, -0.25) is 4.90 Å². The normalized spacial score (nSPS) is 38.3. The Kier molecular flexibility index (Phi) is 2.22. The lowest BCUT2D eigenvalue weighted by molar-refractivity contribution is 0.0206. The SMILES string of the molecule is CCCC=C1C[C@@H]2C[C@H](C1)N2C. The van der Waals surface area contributed by atoms with Crippen molar-refractivity contribution in [3.8, 4) is 0 Å². The van der Waals surface area contributed by atoms with Gasteiger partial charge in [0.15, 0.2) is 0 Å². The highest BCUT2D eigenvalue weighted by atomic mass is 15.2. The molecule has 68 valence electrons. The predicted octanol–water partition coefficient (Wildman–Crippen LogP) is 2.58. The Balaban J connectivity index is 1.90. The van der Waals surface area contributed by atoms with Gasteiger partial charge in [-0.25, -0.2) is 0 Å². The van der Waals surface area contributed by atoms with Crippen molar-refractivity contribution >= 4 is 0 Å². The van der Waals surface area contributed by atoms with Crippen LogP contribution in [0.3, 0.4) is 0 Å². The van der Waals surface area contributed by atoms with Gasteiger partial charge in [0, 0.05) is 12.1 Å². The van der Waals surface area contributed by atoms with E-state index in [1.807, 2.05) is 0 Å². The van der Waals surface area contributed by atoms with Crippen LogP contribution in [-0.2, 0) is 0 Å². The Morgan fingerprint density at radius 1 is 1.42 bits per heavy atom. The second-order valence-electron chi connectivity index (χ2n) is 4.27. The van der Waals surface area contributed by atoms with Gasteiger partial charge in [-0.1, -0.05) is 25.0 Å². The van der Waals surface area contributed by atoms with Gasteiger partial charge >= 0.3 is 0 Å². The number of hydrogen-bond donors (Lipinski definition) is 0. The fraction of sp³-hybridized carbons (Fsp3) is 0.818. The molecular formula is C11H19N. The maximum absolute atomic E-state index is 2.54. The van der Waals surface area contributed by atoms with Gasteiger partial charge in [0.2, 0.25) is 0 Å². The third-order valence-electron chi connectivity index (χ3n) is 3.41. The van der Waals surface area contributed by atoms with Crippen LogP contribution in [0.4, 0.5) is 0 Å². The maximum Gasteiger partial charge on any atom is 0.0147 e. The average molecular weight is 165 g/mol. The molecule has 2 bridgehead atoms. The van der Waals surface area contributed by atoms with E-state index in [1.54, 1.807) is 5.57 Å². The number of nitrogens with zero attached hydrogens (tertiary/aromatic N) is 1. The van der Waals surface area contributed by atoms with Gasteiger partial charge in [0.25, 0.3) is 0 Å². The summed E-state index contributed by atoms with van der Waals surface area (Å²) >= 11 is 0. The molecule has 1 nitrogen and oxygen atoms in total. The smallest absolute Gasteiger partial charge is 0.0147 e. The number of rotatable bonds is 2. The highest BCUT2D eigenvalue weighted by Crippen LogP contribution is 2.39. The molecule has 0 unspecified atom stereocenters. The fourth-order valence-corrected chi connectivity index (χ4v) is 2.47. The van der Waals surface area contributed by atoms with Crippen LogP contribution in [0.5, 0.6) is 0 Å². The molecule has 2 atom stereocenters. The first kappa shape index (κ1) is 8.31. The van der Waals surface area contributed by atoms with Gasteiger partial charge in [-0.05, 0) is 32.7 Å². The van der Waals surface area contributed by atoms with E-state index >= 15 is 0 Å². The van der Waals surface area contributed by atoms with Crippen molar-refractivity contribution in [1.82, 2.24) is 4.90 Å². The van der Waals surface area contributed by atoms with E-state index in [0.717, 1.165) is 12.1 Å². The highest BCUT2D eigenvalue weighted by Gasteiger charge is 2.40.